The number of rotatable bonds is 3. The van der Waals surface area contributed by atoms with E-state index in [4.69, 9.17) is 4.74 Å². The standard InChI is InChI=1S/C12H14O2S.C2H6/c1-3-14-12(13)9(2)8-10-4-6-11(15)7-5-10;1-2/h4-8,15H,3H2,1-2H3;1-2H3/b9-8+;. The Kier molecular flexibility index (Phi) is 8.24. The van der Waals surface area contributed by atoms with Crippen LogP contribution in [0.2, 0.25) is 0 Å². The van der Waals surface area contributed by atoms with Crippen LogP contribution >= 0.6 is 12.6 Å². The summed E-state index contributed by atoms with van der Waals surface area (Å²) in [5.41, 5.74) is 1.57. The number of ether oxygens (including phenoxy) is 1. The number of carbonyl (C=O) groups is 1. The van der Waals surface area contributed by atoms with Gasteiger partial charge >= 0.3 is 5.97 Å². The molecule has 1 aromatic carbocycles. The van der Waals surface area contributed by atoms with Gasteiger partial charge in [0.25, 0.3) is 0 Å². The van der Waals surface area contributed by atoms with Crippen molar-refractivity contribution in [3.05, 3.63) is 35.4 Å². The highest BCUT2D eigenvalue weighted by Crippen LogP contribution is 2.11. The summed E-state index contributed by atoms with van der Waals surface area (Å²) in [5.74, 6) is -0.271. The van der Waals surface area contributed by atoms with Gasteiger partial charge in [-0.15, -0.1) is 12.6 Å². The summed E-state index contributed by atoms with van der Waals surface area (Å²) in [6.07, 6.45) is 1.80. The van der Waals surface area contributed by atoms with E-state index in [9.17, 15) is 4.79 Å². The van der Waals surface area contributed by atoms with E-state index in [1.807, 2.05) is 38.1 Å². The minimum absolute atomic E-state index is 0.271. The summed E-state index contributed by atoms with van der Waals surface area (Å²) in [6.45, 7) is 7.94. The molecule has 0 bridgehead atoms. The van der Waals surface area contributed by atoms with E-state index in [0.717, 1.165) is 10.5 Å². The van der Waals surface area contributed by atoms with E-state index < -0.39 is 0 Å². The zero-order valence-electron chi connectivity index (χ0n) is 10.9. The molecule has 0 radical (unpaired) electrons. The van der Waals surface area contributed by atoms with Crippen molar-refractivity contribution in [3.8, 4) is 0 Å². The second kappa shape index (κ2) is 8.88. The maximum Gasteiger partial charge on any atom is 0.333 e. The molecule has 1 rings (SSSR count). The predicted molar refractivity (Wildman–Crippen MR) is 75.3 cm³/mol. The van der Waals surface area contributed by atoms with Crippen molar-refractivity contribution in [2.24, 2.45) is 0 Å². The molecule has 0 amide bonds. The molecule has 0 unspecified atom stereocenters. The van der Waals surface area contributed by atoms with Crippen LogP contribution < -0.4 is 0 Å². The molecule has 0 aliphatic carbocycles. The van der Waals surface area contributed by atoms with Gasteiger partial charge in [0.05, 0.1) is 6.61 Å². The first kappa shape index (κ1) is 15.8. The zero-order chi connectivity index (χ0) is 13.3. The average Bonchev–Trinajstić information content (AvgIpc) is 2.35. The van der Waals surface area contributed by atoms with Crippen molar-refractivity contribution >= 4 is 24.7 Å². The van der Waals surface area contributed by atoms with Crippen LogP contribution in [0.5, 0.6) is 0 Å². The first-order valence-electron chi connectivity index (χ1n) is 5.78. The Morgan fingerprint density at radius 3 is 2.29 bits per heavy atom. The highest BCUT2D eigenvalue weighted by atomic mass is 32.1. The summed E-state index contributed by atoms with van der Waals surface area (Å²) in [6, 6.07) is 7.58. The van der Waals surface area contributed by atoms with Gasteiger partial charge in [-0.3, -0.25) is 0 Å². The Hall–Kier alpha value is -1.22. The summed E-state index contributed by atoms with van der Waals surface area (Å²) >= 11 is 4.18. The minimum Gasteiger partial charge on any atom is -0.463 e. The van der Waals surface area contributed by atoms with Gasteiger partial charge in [-0.1, -0.05) is 26.0 Å². The van der Waals surface area contributed by atoms with Gasteiger partial charge in [-0.25, -0.2) is 4.79 Å². The quantitative estimate of drug-likeness (QED) is 0.500. The van der Waals surface area contributed by atoms with Crippen molar-refractivity contribution in [1.29, 1.82) is 0 Å². The monoisotopic (exact) mass is 252 g/mol. The third kappa shape index (κ3) is 6.17. The van der Waals surface area contributed by atoms with Crippen LogP contribution in [-0.2, 0) is 9.53 Å². The number of esters is 1. The lowest BCUT2D eigenvalue weighted by Crippen LogP contribution is -2.04. The second-order valence-corrected chi connectivity index (χ2v) is 3.66. The van der Waals surface area contributed by atoms with Gasteiger partial charge in [0.15, 0.2) is 0 Å². The second-order valence-electron chi connectivity index (χ2n) is 3.14. The SMILES string of the molecule is CC.CCOC(=O)/C(C)=C/c1ccc(S)cc1. The fourth-order valence-electron chi connectivity index (χ4n) is 1.12. The Bertz CT molecular complexity index is 366. The fraction of sp³-hybridized carbons (Fsp3) is 0.357. The number of carbonyl (C=O) groups excluding carboxylic acids is 1. The maximum atomic E-state index is 11.3. The van der Waals surface area contributed by atoms with Gasteiger partial charge in [0, 0.05) is 10.5 Å². The molecule has 0 aliphatic heterocycles. The van der Waals surface area contributed by atoms with Gasteiger partial charge < -0.3 is 4.74 Å². The molecule has 1 aromatic rings. The molecule has 0 fully saturated rings. The Labute approximate surface area is 109 Å². The largest absolute Gasteiger partial charge is 0.463 e. The molecule has 0 heterocycles. The number of thiol groups is 1. The molecular formula is C14H20O2S. The Balaban J connectivity index is 0.00000121. The molecule has 0 aromatic heterocycles. The van der Waals surface area contributed by atoms with Crippen LogP contribution in [0.25, 0.3) is 6.08 Å². The molecule has 0 N–H and O–H groups in total. The third-order valence-electron chi connectivity index (χ3n) is 1.87. The number of hydrogen-bond donors (Lipinski definition) is 1. The fourth-order valence-corrected chi connectivity index (χ4v) is 1.27. The van der Waals surface area contributed by atoms with E-state index in [1.165, 1.54) is 0 Å². The van der Waals surface area contributed by atoms with Gasteiger partial charge in [0.2, 0.25) is 0 Å². The van der Waals surface area contributed by atoms with Crippen LogP contribution in [0.1, 0.15) is 33.3 Å². The summed E-state index contributed by atoms with van der Waals surface area (Å²) in [5, 5.41) is 0. The van der Waals surface area contributed by atoms with Crippen molar-refractivity contribution in [2.45, 2.75) is 32.6 Å². The maximum absolute atomic E-state index is 11.3. The molecule has 0 saturated heterocycles. The van der Waals surface area contributed by atoms with Crippen LogP contribution in [0.15, 0.2) is 34.7 Å². The lowest BCUT2D eigenvalue weighted by Gasteiger charge is -2.01. The molecule has 3 heteroatoms. The molecule has 94 valence electrons. The number of hydrogen-bond acceptors (Lipinski definition) is 3. The van der Waals surface area contributed by atoms with Crippen molar-refractivity contribution in [2.75, 3.05) is 6.61 Å². The first-order chi connectivity index (χ1) is 8.13. The summed E-state index contributed by atoms with van der Waals surface area (Å²) in [7, 11) is 0. The van der Waals surface area contributed by atoms with E-state index in [2.05, 4.69) is 12.6 Å². The van der Waals surface area contributed by atoms with E-state index in [1.54, 1.807) is 19.9 Å². The molecular weight excluding hydrogens is 232 g/mol. The highest BCUT2D eigenvalue weighted by molar-refractivity contribution is 7.80. The van der Waals surface area contributed by atoms with Crippen molar-refractivity contribution in [1.82, 2.24) is 0 Å². The molecule has 0 saturated carbocycles. The van der Waals surface area contributed by atoms with Crippen LogP contribution in [0.3, 0.4) is 0 Å². The summed E-state index contributed by atoms with van der Waals surface area (Å²) in [4.78, 5) is 12.2. The predicted octanol–water partition coefficient (Wildman–Crippen LogP) is 3.97. The van der Waals surface area contributed by atoms with Gasteiger partial charge in [0.1, 0.15) is 0 Å². The molecule has 17 heavy (non-hydrogen) atoms. The van der Waals surface area contributed by atoms with Crippen LogP contribution in [0, 0.1) is 0 Å². The smallest absolute Gasteiger partial charge is 0.333 e. The molecule has 2 nitrogen and oxygen atoms in total. The normalized spacial score (nSPS) is 10.3. The van der Waals surface area contributed by atoms with E-state index >= 15 is 0 Å². The number of benzene rings is 1. The lowest BCUT2D eigenvalue weighted by atomic mass is 10.1. The summed E-state index contributed by atoms with van der Waals surface area (Å²) < 4.78 is 4.88. The Morgan fingerprint density at radius 1 is 1.29 bits per heavy atom. The molecule has 0 atom stereocenters. The molecule has 0 spiro atoms. The first-order valence-corrected chi connectivity index (χ1v) is 6.22. The van der Waals surface area contributed by atoms with Gasteiger partial charge in [-0.05, 0) is 37.6 Å². The van der Waals surface area contributed by atoms with Crippen molar-refractivity contribution < 1.29 is 9.53 Å². The zero-order valence-corrected chi connectivity index (χ0v) is 11.8. The third-order valence-corrected chi connectivity index (χ3v) is 2.17. The van der Waals surface area contributed by atoms with E-state index in [-0.39, 0.29) is 5.97 Å². The van der Waals surface area contributed by atoms with Gasteiger partial charge in [-0.2, -0.15) is 0 Å². The minimum atomic E-state index is -0.271. The molecule has 0 aliphatic rings. The van der Waals surface area contributed by atoms with Crippen LogP contribution in [0.4, 0.5) is 0 Å². The lowest BCUT2D eigenvalue weighted by molar-refractivity contribution is -0.138. The Morgan fingerprint density at radius 2 is 1.82 bits per heavy atom. The van der Waals surface area contributed by atoms with Crippen LogP contribution in [-0.4, -0.2) is 12.6 Å². The average molecular weight is 252 g/mol. The topological polar surface area (TPSA) is 26.3 Å². The van der Waals surface area contributed by atoms with Crippen molar-refractivity contribution in [3.63, 3.8) is 0 Å². The highest BCUT2D eigenvalue weighted by Gasteiger charge is 2.03. The van der Waals surface area contributed by atoms with E-state index in [0.29, 0.717) is 12.2 Å².